The normalized spacial score (nSPS) is 10.3. The third kappa shape index (κ3) is 5.89. The summed E-state index contributed by atoms with van der Waals surface area (Å²) in [5.41, 5.74) is 4.42. The minimum Gasteiger partial charge on any atom is -0.484 e. The molecule has 0 saturated heterocycles. The summed E-state index contributed by atoms with van der Waals surface area (Å²) in [7, 11) is 0. The zero-order chi connectivity index (χ0) is 21.2. The summed E-state index contributed by atoms with van der Waals surface area (Å²) in [4.78, 5) is 34.6. The van der Waals surface area contributed by atoms with Crippen LogP contribution in [0, 0.1) is 10.1 Å². The second kappa shape index (κ2) is 10.4. The van der Waals surface area contributed by atoms with E-state index in [1.54, 1.807) is 36.8 Å². The molecule has 2 heterocycles. The molecular formula is C18H20N8O4. The van der Waals surface area contributed by atoms with Gasteiger partial charge in [-0.15, -0.1) is 0 Å². The average Bonchev–Trinajstić information content (AvgIpc) is 3.28. The number of hydrogen-bond acceptors (Lipinski definition) is 9. The molecule has 0 aliphatic rings. The molecule has 3 N–H and O–H groups in total. The van der Waals surface area contributed by atoms with Gasteiger partial charge in [0.25, 0.3) is 5.91 Å². The van der Waals surface area contributed by atoms with Crippen LogP contribution in [0.1, 0.15) is 6.42 Å². The lowest BCUT2D eigenvalue weighted by Gasteiger charge is -2.11. The van der Waals surface area contributed by atoms with Crippen LogP contribution in [0.2, 0.25) is 0 Å². The Morgan fingerprint density at radius 2 is 2.00 bits per heavy atom. The number of nitrogens with one attached hydrogen (secondary N) is 3. The van der Waals surface area contributed by atoms with Gasteiger partial charge < -0.3 is 14.6 Å². The Morgan fingerprint density at radius 3 is 2.73 bits per heavy atom. The van der Waals surface area contributed by atoms with Gasteiger partial charge in [0.1, 0.15) is 12.1 Å². The van der Waals surface area contributed by atoms with Gasteiger partial charge in [0.15, 0.2) is 6.61 Å². The highest BCUT2D eigenvalue weighted by molar-refractivity contribution is 5.80. The van der Waals surface area contributed by atoms with Crippen LogP contribution in [-0.2, 0) is 11.3 Å². The number of hydrogen-bond donors (Lipinski definition) is 3. The maximum Gasteiger partial charge on any atom is 0.354 e. The van der Waals surface area contributed by atoms with Crippen LogP contribution in [0.15, 0.2) is 55.4 Å². The highest BCUT2D eigenvalue weighted by Gasteiger charge is 2.23. The standard InChI is InChI=1S/C18H20N8O4/c27-15(11-30-14-5-2-1-3-6-14)23-24-18-16(26(28)29)17(21-12-22-18)20-7-4-9-25-10-8-19-13-25/h1-3,5-6,8,10,12-13H,4,7,9,11H2,(H,23,27)(H2,20,21,22,24). The Morgan fingerprint density at radius 1 is 1.20 bits per heavy atom. The molecule has 0 bridgehead atoms. The molecule has 3 aromatic rings. The van der Waals surface area contributed by atoms with E-state index in [-0.39, 0.29) is 23.9 Å². The molecule has 1 aromatic carbocycles. The molecule has 0 fully saturated rings. The number of anilines is 2. The maximum absolute atomic E-state index is 11.9. The van der Waals surface area contributed by atoms with E-state index in [4.69, 9.17) is 4.74 Å². The summed E-state index contributed by atoms with van der Waals surface area (Å²) in [5, 5.41) is 14.4. The highest BCUT2D eigenvalue weighted by atomic mass is 16.6. The van der Waals surface area contributed by atoms with Crippen molar-refractivity contribution in [2.24, 2.45) is 0 Å². The molecule has 3 rings (SSSR count). The number of ether oxygens (including phenoxy) is 1. The molecule has 12 heteroatoms. The van der Waals surface area contributed by atoms with Gasteiger partial charge >= 0.3 is 5.69 Å². The van der Waals surface area contributed by atoms with Crippen molar-refractivity contribution in [3.05, 3.63) is 65.5 Å². The number of imidazole rings is 1. The summed E-state index contributed by atoms with van der Waals surface area (Å²) in [6.45, 7) is 0.885. The number of nitro groups is 1. The molecular weight excluding hydrogens is 392 g/mol. The number of rotatable bonds is 11. The third-order valence-electron chi connectivity index (χ3n) is 3.88. The first-order valence-electron chi connectivity index (χ1n) is 9.05. The summed E-state index contributed by atoms with van der Waals surface area (Å²) in [5.74, 6) is -0.0810. The van der Waals surface area contributed by atoms with Gasteiger partial charge in [0.05, 0.1) is 11.3 Å². The predicted octanol–water partition coefficient (Wildman–Crippen LogP) is 1.61. The minimum atomic E-state index is -0.618. The van der Waals surface area contributed by atoms with E-state index in [2.05, 4.69) is 31.1 Å². The van der Waals surface area contributed by atoms with E-state index in [9.17, 15) is 14.9 Å². The first-order valence-corrected chi connectivity index (χ1v) is 9.05. The number of benzene rings is 1. The topological polar surface area (TPSA) is 149 Å². The first-order chi connectivity index (χ1) is 14.6. The van der Waals surface area contributed by atoms with E-state index < -0.39 is 10.8 Å². The van der Waals surface area contributed by atoms with Crippen molar-refractivity contribution >= 4 is 23.2 Å². The molecule has 0 aliphatic heterocycles. The van der Waals surface area contributed by atoms with Crippen LogP contribution in [0.5, 0.6) is 5.75 Å². The summed E-state index contributed by atoms with van der Waals surface area (Å²) >= 11 is 0. The highest BCUT2D eigenvalue weighted by Crippen LogP contribution is 2.28. The van der Waals surface area contributed by atoms with Crippen LogP contribution < -0.4 is 20.9 Å². The molecule has 0 spiro atoms. The molecule has 1 amide bonds. The number of para-hydroxylation sites is 1. The molecule has 30 heavy (non-hydrogen) atoms. The van der Waals surface area contributed by atoms with Crippen LogP contribution in [-0.4, -0.2) is 43.5 Å². The van der Waals surface area contributed by atoms with Crippen LogP contribution in [0.25, 0.3) is 0 Å². The number of aromatic nitrogens is 4. The fourth-order valence-electron chi connectivity index (χ4n) is 2.49. The lowest BCUT2D eigenvalue weighted by Crippen LogP contribution is -2.34. The Kier molecular flexibility index (Phi) is 7.08. The van der Waals surface area contributed by atoms with Crippen molar-refractivity contribution in [1.29, 1.82) is 0 Å². The second-order valence-corrected chi connectivity index (χ2v) is 6.03. The molecule has 0 saturated carbocycles. The molecule has 0 unspecified atom stereocenters. The van der Waals surface area contributed by atoms with Gasteiger partial charge in [0.2, 0.25) is 11.6 Å². The molecule has 2 aromatic heterocycles. The van der Waals surface area contributed by atoms with E-state index >= 15 is 0 Å². The lowest BCUT2D eigenvalue weighted by atomic mass is 10.3. The fraction of sp³-hybridized carbons (Fsp3) is 0.222. The van der Waals surface area contributed by atoms with Gasteiger partial charge in [-0.3, -0.25) is 25.8 Å². The van der Waals surface area contributed by atoms with Crippen molar-refractivity contribution in [3.63, 3.8) is 0 Å². The van der Waals surface area contributed by atoms with E-state index in [1.807, 2.05) is 16.8 Å². The van der Waals surface area contributed by atoms with Crippen LogP contribution in [0.3, 0.4) is 0 Å². The van der Waals surface area contributed by atoms with Gasteiger partial charge in [-0.05, 0) is 18.6 Å². The zero-order valence-electron chi connectivity index (χ0n) is 15.9. The molecule has 0 aliphatic carbocycles. The van der Waals surface area contributed by atoms with Crippen molar-refractivity contribution in [2.45, 2.75) is 13.0 Å². The zero-order valence-corrected chi connectivity index (χ0v) is 15.9. The second-order valence-electron chi connectivity index (χ2n) is 6.03. The van der Waals surface area contributed by atoms with E-state index in [0.29, 0.717) is 25.3 Å². The summed E-state index contributed by atoms with van der Waals surface area (Å²) in [6, 6.07) is 8.80. The fourth-order valence-corrected chi connectivity index (χ4v) is 2.49. The Labute approximate surface area is 171 Å². The minimum absolute atomic E-state index is 0.0536. The number of amides is 1. The maximum atomic E-state index is 11.9. The Balaban J connectivity index is 1.54. The van der Waals surface area contributed by atoms with Gasteiger partial charge in [0, 0.05) is 25.5 Å². The molecule has 0 atom stereocenters. The smallest absolute Gasteiger partial charge is 0.354 e. The summed E-state index contributed by atoms with van der Waals surface area (Å²) < 4.78 is 7.22. The number of nitrogens with zero attached hydrogens (tertiary/aromatic N) is 5. The predicted molar refractivity (Wildman–Crippen MR) is 108 cm³/mol. The van der Waals surface area contributed by atoms with Crippen molar-refractivity contribution in [2.75, 3.05) is 23.9 Å². The lowest BCUT2D eigenvalue weighted by molar-refractivity contribution is -0.383. The molecule has 0 radical (unpaired) electrons. The van der Waals surface area contributed by atoms with E-state index in [1.165, 1.54) is 6.33 Å². The van der Waals surface area contributed by atoms with E-state index in [0.717, 1.165) is 0 Å². The Bertz CT molecular complexity index is 966. The third-order valence-corrected chi connectivity index (χ3v) is 3.88. The van der Waals surface area contributed by atoms with Crippen molar-refractivity contribution < 1.29 is 14.5 Å². The quantitative estimate of drug-likeness (QED) is 0.242. The van der Waals surface area contributed by atoms with Gasteiger partial charge in [-0.1, -0.05) is 18.2 Å². The SMILES string of the molecule is O=C(COc1ccccc1)NNc1ncnc(NCCCn2ccnc2)c1[N+](=O)[O-]. The summed E-state index contributed by atoms with van der Waals surface area (Å²) in [6.07, 6.45) is 7.08. The van der Waals surface area contributed by atoms with Crippen LogP contribution in [0.4, 0.5) is 17.3 Å². The van der Waals surface area contributed by atoms with Crippen LogP contribution >= 0.6 is 0 Å². The monoisotopic (exact) mass is 412 g/mol. The van der Waals surface area contributed by atoms with Crippen molar-refractivity contribution in [1.82, 2.24) is 24.9 Å². The first kappa shape index (κ1) is 20.5. The van der Waals surface area contributed by atoms with Crippen molar-refractivity contribution in [3.8, 4) is 5.75 Å². The number of aryl methyl sites for hydroxylation is 1. The largest absolute Gasteiger partial charge is 0.484 e. The molecule has 12 nitrogen and oxygen atoms in total. The van der Waals surface area contributed by atoms with Gasteiger partial charge in [-0.2, -0.15) is 0 Å². The number of hydrazine groups is 1. The van der Waals surface area contributed by atoms with Gasteiger partial charge in [-0.25, -0.2) is 15.0 Å². The number of carbonyl (C=O) groups excluding carboxylic acids is 1. The molecule has 156 valence electrons. The Hall–Kier alpha value is -4.22. The average molecular weight is 412 g/mol. The number of carbonyl (C=O) groups is 1.